The number of carbonyl (C=O) groups is 2. The second kappa shape index (κ2) is 8.91. The number of alkyl halides is 3. The molecule has 0 saturated carbocycles. The van der Waals surface area contributed by atoms with Crippen LogP contribution in [0.15, 0.2) is 43.0 Å². The van der Waals surface area contributed by atoms with E-state index in [0.29, 0.717) is 5.56 Å². The number of amides is 1. The molecular weight excluding hydrogens is 467 g/mol. The molecular formula is C20H17ClF3N5O2S. The zero-order valence-corrected chi connectivity index (χ0v) is 18.4. The molecule has 4 rings (SSSR count). The fourth-order valence-electron chi connectivity index (χ4n) is 3.48. The van der Waals surface area contributed by atoms with E-state index in [2.05, 4.69) is 15.1 Å². The van der Waals surface area contributed by atoms with Crippen LogP contribution in [0.3, 0.4) is 0 Å². The molecule has 3 aromatic rings. The number of nitrogens with zero attached hydrogens (tertiary/aromatic N) is 5. The minimum Gasteiger partial charge on any atom is -0.305 e. The summed E-state index contributed by atoms with van der Waals surface area (Å²) in [5.41, 5.74) is 0.0107. The Morgan fingerprint density at radius 1 is 1.25 bits per heavy atom. The van der Waals surface area contributed by atoms with Crippen molar-refractivity contribution in [3.8, 4) is 0 Å². The number of halogens is 4. The maximum Gasteiger partial charge on any atom is 0.417 e. The lowest BCUT2D eigenvalue weighted by Gasteiger charge is -2.32. The Morgan fingerprint density at radius 3 is 2.62 bits per heavy atom. The molecule has 1 aliphatic rings. The number of hydrogen-bond acceptors (Lipinski definition) is 5. The number of aromatic nitrogens is 4. The van der Waals surface area contributed by atoms with Crippen LogP contribution in [0.2, 0.25) is 5.02 Å². The molecule has 0 spiro atoms. The van der Waals surface area contributed by atoms with Gasteiger partial charge in [-0.1, -0.05) is 11.6 Å². The molecule has 3 heterocycles. The van der Waals surface area contributed by atoms with Crippen LogP contribution >= 0.6 is 25.1 Å². The van der Waals surface area contributed by atoms with Gasteiger partial charge in [-0.15, -0.1) is 0 Å². The van der Waals surface area contributed by atoms with Gasteiger partial charge in [0.25, 0.3) is 5.91 Å². The molecule has 1 aliphatic heterocycles. The van der Waals surface area contributed by atoms with Gasteiger partial charge in [0.2, 0.25) is 0 Å². The maximum absolute atomic E-state index is 13.2. The van der Waals surface area contributed by atoms with E-state index < -0.39 is 22.7 Å². The molecule has 0 N–H and O–H groups in total. The number of carbonyl (C=O) groups excluding carboxylic acids is 2. The Labute approximate surface area is 192 Å². The van der Waals surface area contributed by atoms with Crippen molar-refractivity contribution in [1.29, 1.82) is 0 Å². The molecule has 0 aliphatic carbocycles. The van der Waals surface area contributed by atoms with Gasteiger partial charge in [0.05, 0.1) is 29.0 Å². The van der Waals surface area contributed by atoms with E-state index in [-0.39, 0.29) is 55.4 Å². The van der Waals surface area contributed by atoms with Crippen molar-refractivity contribution in [3.05, 3.63) is 70.5 Å². The minimum atomic E-state index is -4.60. The van der Waals surface area contributed by atoms with Crippen LogP contribution in [0, 0.1) is 0 Å². The topological polar surface area (TPSA) is 81.0 Å². The van der Waals surface area contributed by atoms with E-state index in [9.17, 15) is 22.8 Å². The van der Waals surface area contributed by atoms with E-state index in [1.165, 1.54) is 40.4 Å². The fourth-order valence-corrected chi connectivity index (χ4v) is 3.76. The molecule has 0 bridgehead atoms. The van der Waals surface area contributed by atoms with Crippen molar-refractivity contribution in [2.24, 2.45) is 0 Å². The normalized spacial score (nSPS) is 15.8. The lowest BCUT2D eigenvalue weighted by molar-refractivity contribution is -0.137. The first-order chi connectivity index (χ1) is 14.7. The van der Waals surface area contributed by atoms with E-state index in [1.807, 2.05) is 6.92 Å². The van der Waals surface area contributed by atoms with Gasteiger partial charge in [-0.3, -0.25) is 19.3 Å². The quantitative estimate of drug-likeness (QED) is 0.522. The Balaban J connectivity index is 0.00000289. The summed E-state index contributed by atoms with van der Waals surface area (Å²) in [5.74, 6) is -0.813. The lowest BCUT2D eigenvalue weighted by Crippen LogP contribution is -2.43. The maximum atomic E-state index is 13.2. The smallest absolute Gasteiger partial charge is 0.305 e. The van der Waals surface area contributed by atoms with E-state index in [4.69, 9.17) is 11.6 Å². The van der Waals surface area contributed by atoms with E-state index in [0.717, 1.165) is 12.1 Å². The molecule has 0 saturated heterocycles. The first-order valence-electron chi connectivity index (χ1n) is 9.21. The van der Waals surface area contributed by atoms with Crippen molar-refractivity contribution in [2.45, 2.75) is 25.6 Å². The van der Waals surface area contributed by atoms with Crippen molar-refractivity contribution in [2.75, 3.05) is 11.4 Å². The molecule has 1 aromatic carbocycles. The van der Waals surface area contributed by atoms with Gasteiger partial charge < -0.3 is 4.90 Å². The number of Topliss-reactive ketones (excluding diaryl/α,β-unsaturated/α-hetero) is 1. The Morgan fingerprint density at radius 2 is 2.00 bits per heavy atom. The first kappa shape index (κ1) is 23.7. The number of benzene rings is 1. The number of anilines is 1. The highest BCUT2D eigenvalue weighted by Gasteiger charge is 2.36. The lowest BCUT2D eigenvalue weighted by atomic mass is 10.0. The number of rotatable bonds is 4. The largest absolute Gasteiger partial charge is 0.417 e. The highest BCUT2D eigenvalue weighted by atomic mass is 35.5. The zero-order chi connectivity index (χ0) is 22.3. The second-order valence-electron chi connectivity index (χ2n) is 7.08. The Hall–Kier alpha value is -2.92. The van der Waals surface area contributed by atoms with Crippen molar-refractivity contribution in [1.82, 2.24) is 19.7 Å². The summed E-state index contributed by atoms with van der Waals surface area (Å²) in [6, 6.07) is 2.90. The summed E-state index contributed by atoms with van der Waals surface area (Å²) in [5, 5.41) is 3.74. The fraction of sp³-hybridized carbons (Fsp3) is 0.250. The average Bonchev–Trinajstić information content (AvgIpc) is 3.15. The first-order valence-corrected chi connectivity index (χ1v) is 9.59. The zero-order valence-electron chi connectivity index (χ0n) is 16.6. The third kappa shape index (κ3) is 4.35. The van der Waals surface area contributed by atoms with Gasteiger partial charge in [0, 0.05) is 36.6 Å². The van der Waals surface area contributed by atoms with Gasteiger partial charge in [-0.25, -0.2) is 4.98 Å². The van der Waals surface area contributed by atoms with E-state index >= 15 is 0 Å². The summed E-state index contributed by atoms with van der Waals surface area (Å²) in [7, 11) is 0. The molecule has 1 atom stereocenters. The third-order valence-electron chi connectivity index (χ3n) is 4.95. The predicted octanol–water partition coefficient (Wildman–Crippen LogP) is 4.10. The molecule has 0 unspecified atom stereocenters. The molecule has 32 heavy (non-hydrogen) atoms. The number of fused-ring (bicyclic) bond motifs is 1. The van der Waals surface area contributed by atoms with Crippen LogP contribution in [0.25, 0.3) is 0 Å². The molecule has 1 amide bonds. The van der Waals surface area contributed by atoms with Gasteiger partial charge in [0.1, 0.15) is 11.4 Å². The third-order valence-corrected chi connectivity index (χ3v) is 5.27. The monoisotopic (exact) mass is 483 g/mol. The van der Waals surface area contributed by atoms with Gasteiger partial charge in [0.15, 0.2) is 5.78 Å². The second-order valence-corrected chi connectivity index (χ2v) is 7.49. The molecule has 0 fully saturated rings. The molecule has 12 heteroatoms. The van der Waals surface area contributed by atoms with Crippen molar-refractivity contribution in [3.63, 3.8) is 0 Å². The highest BCUT2D eigenvalue weighted by molar-refractivity contribution is 7.59. The standard InChI is InChI=1S/C20H15ClF3N5O2.H2S/c1-11-10-28(13-2-3-14(15(21)7-13)20(22,23)24)19(31)18-12(8-27-29(11)18)6-17(30)16-9-25-4-5-26-16;/h2-5,7-9,11H,6,10H2,1H3;1H2/t11-;/m0./s1. The van der Waals surface area contributed by atoms with Crippen molar-refractivity contribution >= 4 is 42.5 Å². The van der Waals surface area contributed by atoms with Gasteiger partial charge in [-0.2, -0.15) is 31.8 Å². The minimum absolute atomic E-state index is 0. The SMILES string of the molecule is C[C@H]1CN(c2ccc(C(F)(F)F)c(Cl)c2)C(=O)c2c(CC(=O)c3cnccn3)cnn21.S. The summed E-state index contributed by atoms with van der Waals surface area (Å²) in [6.07, 6.45) is 0.900. The summed E-state index contributed by atoms with van der Waals surface area (Å²) >= 11 is 5.83. The van der Waals surface area contributed by atoms with Crippen LogP contribution in [0.1, 0.15) is 45.1 Å². The van der Waals surface area contributed by atoms with Crippen LogP contribution in [-0.4, -0.2) is 38.0 Å². The molecule has 168 valence electrons. The summed E-state index contributed by atoms with van der Waals surface area (Å²) in [6.45, 7) is 2.00. The van der Waals surface area contributed by atoms with Crippen molar-refractivity contribution < 1.29 is 22.8 Å². The molecule has 7 nitrogen and oxygen atoms in total. The average molecular weight is 484 g/mol. The van der Waals surface area contributed by atoms with Crippen LogP contribution in [0.5, 0.6) is 0 Å². The van der Waals surface area contributed by atoms with Crippen LogP contribution < -0.4 is 4.90 Å². The Bertz CT molecular complexity index is 1170. The summed E-state index contributed by atoms with van der Waals surface area (Å²) in [4.78, 5) is 34.9. The highest BCUT2D eigenvalue weighted by Crippen LogP contribution is 2.37. The summed E-state index contributed by atoms with van der Waals surface area (Å²) < 4.78 is 40.6. The Kier molecular flexibility index (Phi) is 6.61. The van der Waals surface area contributed by atoms with Crippen LogP contribution in [-0.2, 0) is 12.6 Å². The molecule has 0 radical (unpaired) electrons. The molecule has 2 aromatic heterocycles. The van der Waals surface area contributed by atoms with Gasteiger partial charge >= 0.3 is 6.18 Å². The van der Waals surface area contributed by atoms with Crippen LogP contribution in [0.4, 0.5) is 18.9 Å². The number of ketones is 1. The predicted molar refractivity (Wildman–Crippen MR) is 116 cm³/mol. The number of hydrogen-bond donors (Lipinski definition) is 0. The van der Waals surface area contributed by atoms with E-state index in [1.54, 1.807) is 0 Å². The van der Waals surface area contributed by atoms with Gasteiger partial charge in [-0.05, 0) is 25.1 Å².